The average Bonchev–Trinajstić information content (AvgIpc) is 3.09. The van der Waals surface area contributed by atoms with Gasteiger partial charge < -0.3 is 13.9 Å². The first kappa shape index (κ1) is 14.6. The van der Waals surface area contributed by atoms with Gasteiger partial charge in [-0.25, -0.2) is 4.98 Å². The molecule has 0 spiro atoms. The van der Waals surface area contributed by atoms with Crippen LogP contribution in [0.15, 0.2) is 53.2 Å². The van der Waals surface area contributed by atoms with Crippen LogP contribution in [-0.4, -0.2) is 28.5 Å². The van der Waals surface area contributed by atoms with Crippen LogP contribution in [0.2, 0.25) is 0 Å². The molecule has 4 nitrogen and oxygen atoms in total. The molecule has 2 aromatic heterocycles. The number of benzene rings is 1. The molecule has 3 aromatic rings. The van der Waals surface area contributed by atoms with E-state index in [9.17, 15) is 0 Å². The minimum atomic E-state index is 0.789. The molecule has 3 rings (SSSR count). The van der Waals surface area contributed by atoms with Crippen molar-refractivity contribution in [2.24, 2.45) is 0 Å². The van der Waals surface area contributed by atoms with E-state index < -0.39 is 0 Å². The molecule has 2 heterocycles. The Bertz CT molecular complexity index is 738. The summed E-state index contributed by atoms with van der Waals surface area (Å²) in [5.74, 6) is 2.58. The van der Waals surface area contributed by atoms with Crippen molar-refractivity contribution in [2.75, 3.05) is 14.1 Å². The number of aryl methyl sites for hydroxylation is 1. The monoisotopic (exact) mass is 295 g/mol. The van der Waals surface area contributed by atoms with Crippen molar-refractivity contribution >= 4 is 0 Å². The second-order valence-electron chi connectivity index (χ2n) is 5.84. The van der Waals surface area contributed by atoms with Crippen LogP contribution in [0, 0.1) is 6.92 Å². The molecule has 0 N–H and O–H groups in total. The van der Waals surface area contributed by atoms with Crippen LogP contribution in [0.5, 0.6) is 0 Å². The summed E-state index contributed by atoms with van der Waals surface area (Å²) in [7, 11) is 4.16. The van der Waals surface area contributed by atoms with Crippen LogP contribution in [-0.2, 0) is 13.1 Å². The smallest absolute Gasteiger partial charge is 0.176 e. The fourth-order valence-corrected chi connectivity index (χ4v) is 2.53. The van der Waals surface area contributed by atoms with E-state index in [2.05, 4.69) is 52.8 Å². The summed E-state index contributed by atoms with van der Waals surface area (Å²) in [6.07, 6.45) is 3.80. The zero-order valence-electron chi connectivity index (χ0n) is 13.3. The van der Waals surface area contributed by atoms with E-state index in [0.29, 0.717) is 0 Å². The van der Waals surface area contributed by atoms with Crippen molar-refractivity contribution in [3.05, 3.63) is 65.7 Å². The zero-order valence-corrected chi connectivity index (χ0v) is 13.3. The molecule has 4 heteroatoms. The molecular weight excluding hydrogens is 274 g/mol. The summed E-state index contributed by atoms with van der Waals surface area (Å²) in [5, 5.41) is 0. The third-order valence-electron chi connectivity index (χ3n) is 3.55. The van der Waals surface area contributed by atoms with Gasteiger partial charge in [0.1, 0.15) is 5.76 Å². The minimum Gasteiger partial charge on any atom is -0.458 e. The molecule has 0 bridgehead atoms. The second kappa shape index (κ2) is 6.20. The molecule has 0 saturated carbocycles. The molecule has 1 aromatic carbocycles. The first-order valence-corrected chi connectivity index (χ1v) is 7.42. The normalized spacial score (nSPS) is 11.3. The lowest BCUT2D eigenvalue weighted by Gasteiger charge is -2.11. The summed E-state index contributed by atoms with van der Waals surface area (Å²) in [6, 6.07) is 12.6. The van der Waals surface area contributed by atoms with E-state index in [-0.39, 0.29) is 0 Å². The van der Waals surface area contributed by atoms with Gasteiger partial charge in [0.15, 0.2) is 11.6 Å². The Morgan fingerprint density at radius 2 is 1.77 bits per heavy atom. The minimum absolute atomic E-state index is 0.789. The number of rotatable bonds is 5. The van der Waals surface area contributed by atoms with E-state index in [1.165, 1.54) is 11.1 Å². The maximum Gasteiger partial charge on any atom is 0.176 e. The fraction of sp³-hybridized carbons (Fsp3) is 0.278. The summed E-state index contributed by atoms with van der Waals surface area (Å²) in [5.41, 5.74) is 2.58. The SMILES string of the molecule is Cc1ccc(-c2nccn2Cc2ccc(CN(C)C)cc2)o1. The van der Waals surface area contributed by atoms with Gasteiger partial charge in [-0.1, -0.05) is 24.3 Å². The van der Waals surface area contributed by atoms with Crippen molar-refractivity contribution in [1.82, 2.24) is 14.5 Å². The van der Waals surface area contributed by atoms with Gasteiger partial charge in [0.05, 0.1) is 0 Å². The molecule has 0 atom stereocenters. The summed E-state index contributed by atoms with van der Waals surface area (Å²) < 4.78 is 7.79. The average molecular weight is 295 g/mol. The molecule has 0 aliphatic rings. The highest BCUT2D eigenvalue weighted by atomic mass is 16.3. The topological polar surface area (TPSA) is 34.2 Å². The van der Waals surface area contributed by atoms with Crippen molar-refractivity contribution in [3.63, 3.8) is 0 Å². The van der Waals surface area contributed by atoms with Crippen molar-refractivity contribution in [3.8, 4) is 11.6 Å². The van der Waals surface area contributed by atoms with E-state index in [1.807, 2.05) is 31.5 Å². The van der Waals surface area contributed by atoms with Crippen molar-refractivity contribution in [1.29, 1.82) is 0 Å². The van der Waals surface area contributed by atoms with Crippen molar-refractivity contribution in [2.45, 2.75) is 20.0 Å². The quantitative estimate of drug-likeness (QED) is 0.722. The van der Waals surface area contributed by atoms with Gasteiger partial charge in [-0.15, -0.1) is 0 Å². The van der Waals surface area contributed by atoms with Crippen LogP contribution in [0.25, 0.3) is 11.6 Å². The molecule has 0 aliphatic heterocycles. The van der Waals surface area contributed by atoms with Crippen molar-refractivity contribution < 1.29 is 4.42 Å². The number of hydrogen-bond donors (Lipinski definition) is 0. The molecule has 114 valence electrons. The van der Waals surface area contributed by atoms with E-state index in [0.717, 1.165) is 30.4 Å². The first-order valence-electron chi connectivity index (χ1n) is 7.42. The van der Waals surface area contributed by atoms with Crippen LogP contribution in [0.1, 0.15) is 16.9 Å². The third kappa shape index (κ3) is 3.28. The number of nitrogens with zero attached hydrogens (tertiary/aromatic N) is 3. The van der Waals surface area contributed by atoms with Gasteiger partial charge >= 0.3 is 0 Å². The Labute approximate surface area is 131 Å². The summed E-state index contributed by atoms with van der Waals surface area (Å²) >= 11 is 0. The molecular formula is C18H21N3O. The Morgan fingerprint density at radius 3 is 2.41 bits per heavy atom. The van der Waals surface area contributed by atoms with Gasteiger partial charge in [0.2, 0.25) is 0 Å². The lowest BCUT2D eigenvalue weighted by atomic mass is 10.1. The largest absolute Gasteiger partial charge is 0.458 e. The third-order valence-corrected chi connectivity index (χ3v) is 3.55. The van der Waals surface area contributed by atoms with Gasteiger partial charge in [0.25, 0.3) is 0 Å². The van der Waals surface area contributed by atoms with Crippen LogP contribution in [0.3, 0.4) is 0 Å². The predicted octanol–water partition coefficient (Wildman–Crippen LogP) is 3.56. The molecule has 0 unspecified atom stereocenters. The van der Waals surface area contributed by atoms with Gasteiger partial charge in [0, 0.05) is 25.5 Å². The Morgan fingerprint density at radius 1 is 1.05 bits per heavy atom. The molecule has 0 saturated heterocycles. The second-order valence-corrected chi connectivity index (χ2v) is 5.84. The van der Waals surface area contributed by atoms with Gasteiger partial charge in [-0.3, -0.25) is 0 Å². The highest BCUT2D eigenvalue weighted by Crippen LogP contribution is 2.21. The molecule has 0 fully saturated rings. The zero-order chi connectivity index (χ0) is 15.5. The number of imidazole rings is 1. The van der Waals surface area contributed by atoms with E-state index >= 15 is 0 Å². The maximum absolute atomic E-state index is 5.68. The molecule has 0 radical (unpaired) electrons. The molecule has 0 aliphatic carbocycles. The lowest BCUT2D eigenvalue weighted by Crippen LogP contribution is -2.10. The molecule has 22 heavy (non-hydrogen) atoms. The number of aromatic nitrogens is 2. The maximum atomic E-state index is 5.68. The summed E-state index contributed by atoms with van der Waals surface area (Å²) in [6.45, 7) is 3.69. The lowest BCUT2D eigenvalue weighted by molar-refractivity contribution is 0.402. The van der Waals surface area contributed by atoms with Gasteiger partial charge in [-0.05, 0) is 44.3 Å². The highest BCUT2D eigenvalue weighted by Gasteiger charge is 2.10. The number of furan rings is 1. The predicted molar refractivity (Wildman–Crippen MR) is 87.6 cm³/mol. The number of hydrogen-bond acceptors (Lipinski definition) is 3. The van der Waals surface area contributed by atoms with E-state index in [4.69, 9.17) is 4.42 Å². The fourth-order valence-electron chi connectivity index (χ4n) is 2.53. The molecule has 0 amide bonds. The van der Waals surface area contributed by atoms with Crippen LogP contribution >= 0.6 is 0 Å². The first-order chi connectivity index (χ1) is 10.6. The summed E-state index contributed by atoms with van der Waals surface area (Å²) in [4.78, 5) is 6.58. The Balaban J connectivity index is 1.78. The Kier molecular flexibility index (Phi) is 4.11. The van der Waals surface area contributed by atoms with Crippen LogP contribution in [0.4, 0.5) is 0 Å². The van der Waals surface area contributed by atoms with Gasteiger partial charge in [-0.2, -0.15) is 0 Å². The standard InChI is InChI=1S/C18H21N3O/c1-14-4-9-17(22-14)18-19-10-11-21(18)13-16-7-5-15(6-8-16)12-20(2)3/h4-11H,12-13H2,1-3H3. The van der Waals surface area contributed by atoms with Crippen LogP contribution < -0.4 is 0 Å². The highest BCUT2D eigenvalue weighted by molar-refractivity contribution is 5.48. The Hall–Kier alpha value is -2.33. The van der Waals surface area contributed by atoms with E-state index in [1.54, 1.807) is 0 Å².